The molecule has 0 fully saturated rings. The van der Waals surface area contributed by atoms with Gasteiger partial charge in [0.25, 0.3) is 0 Å². The minimum absolute atomic E-state index is 0.198. The summed E-state index contributed by atoms with van der Waals surface area (Å²) >= 11 is 0. The molecule has 100 valence electrons. The number of aromatic nitrogens is 2. The van der Waals surface area contributed by atoms with Crippen LogP contribution in [0, 0.1) is 11.3 Å². The molecule has 6 heteroatoms. The van der Waals surface area contributed by atoms with Crippen LogP contribution in [0.25, 0.3) is 11.0 Å². The van der Waals surface area contributed by atoms with Gasteiger partial charge in [-0.2, -0.15) is 18.4 Å². The van der Waals surface area contributed by atoms with Crippen LogP contribution in [0.3, 0.4) is 0 Å². The van der Waals surface area contributed by atoms with Crippen molar-refractivity contribution in [3.8, 4) is 6.07 Å². The zero-order valence-electron chi connectivity index (χ0n) is 10.7. The minimum Gasteiger partial charge on any atom is -0.326 e. The van der Waals surface area contributed by atoms with E-state index in [9.17, 15) is 13.2 Å². The number of pyridine rings is 1. The Morgan fingerprint density at radius 1 is 1.26 bits per heavy atom. The van der Waals surface area contributed by atoms with Gasteiger partial charge in [0.2, 0.25) is 0 Å². The number of hydrogen-bond acceptors (Lipinski definition) is 2. The van der Waals surface area contributed by atoms with Gasteiger partial charge in [0.1, 0.15) is 11.7 Å². The van der Waals surface area contributed by atoms with Crippen molar-refractivity contribution in [2.75, 3.05) is 0 Å². The summed E-state index contributed by atoms with van der Waals surface area (Å²) in [5.74, 6) is 0. The number of alkyl halides is 3. The van der Waals surface area contributed by atoms with Crippen molar-refractivity contribution in [2.45, 2.75) is 32.5 Å². The molecule has 2 aromatic rings. The molecule has 19 heavy (non-hydrogen) atoms. The smallest absolute Gasteiger partial charge is 0.326 e. The molecule has 0 saturated carbocycles. The van der Waals surface area contributed by atoms with Gasteiger partial charge in [0, 0.05) is 23.3 Å². The summed E-state index contributed by atoms with van der Waals surface area (Å²) < 4.78 is 39.7. The summed E-state index contributed by atoms with van der Waals surface area (Å²) in [6.07, 6.45) is -2.12. The van der Waals surface area contributed by atoms with E-state index in [-0.39, 0.29) is 16.5 Å². The normalized spacial score (nSPS) is 12.7. The zero-order valence-corrected chi connectivity index (χ0v) is 10.7. The summed E-state index contributed by atoms with van der Waals surface area (Å²) in [7, 11) is 0. The highest BCUT2D eigenvalue weighted by Crippen LogP contribution is 2.33. The van der Waals surface area contributed by atoms with Crippen LogP contribution in [-0.2, 0) is 11.7 Å². The predicted molar refractivity (Wildman–Crippen MR) is 64.4 cm³/mol. The van der Waals surface area contributed by atoms with E-state index in [0.29, 0.717) is 5.65 Å². The molecular formula is C13H12F3N3. The molecule has 2 aromatic heterocycles. The Morgan fingerprint density at radius 3 is 2.37 bits per heavy atom. The molecule has 0 radical (unpaired) electrons. The van der Waals surface area contributed by atoms with E-state index < -0.39 is 11.7 Å². The van der Waals surface area contributed by atoms with Crippen molar-refractivity contribution < 1.29 is 13.2 Å². The van der Waals surface area contributed by atoms with E-state index in [0.717, 1.165) is 12.3 Å². The molecular weight excluding hydrogens is 255 g/mol. The van der Waals surface area contributed by atoms with E-state index in [1.54, 1.807) is 4.57 Å². The average molecular weight is 267 g/mol. The van der Waals surface area contributed by atoms with E-state index in [1.165, 1.54) is 6.20 Å². The molecule has 0 bridgehead atoms. The monoisotopic (exact) mass is 267 g/mol. The summed E-state index contributed by atoms with van der Waals surface area (Å²) in [5.41, 5.74) is -0.621. The third-order valence-corrected chi connectivity index (χ3v) is 2.81. The van der Waals surface area contributed by atoms with Crippen LogP contribution in [0.15, 0.2) is 18.5 Å². The van der Waals surface area contributed by atoms with Crippen LogP contribution in [0.5, 0.6) is 0 Å². The average Bonchev–Trinajstić information content (AvgIpc) is 2.65. The number of hydrogen-bond donors (Lipinski definition) is 0. The highest BCUT2D eigenvalue weighted by molar-refractivity contribution is 5.84. The summed E-state index contributed by atoms with van der Waals surface area (Å²) in [5, 5.41) is 9.26. The molecule has 0 unspecified atom stereocenters. The van der Waals surface area contributed by atoms with Crippen LogP contribution in [0.2, 0.25) is 0 Å². The largest absolute Gasteiger partial charge is 0.417 e. The van der Waals surface area contributed by atoms with Gasteiger partial charge in [-0.1, -0.05) is 0 Å². The van der Waals surface area contributed by atoms with Crippen LogP contribution < -0.4 is 0 Å². The molecule has 2 heterocycles. The van der Waals surface area contributed by atoms with Crippen molar-refractivity contribution in [3.05, 3.63) is 29.6 Å². The molecule has 0 aliphatic rings. The van der Waals surface area contributed by atoms with Gasteiger partial charge in [-0.3, -0.25) is 0 Å². The van der Waals surface area contributed by atoms with Gasteiger partial charge < -0.3 is 4.57 Å². The second-order valence-corrected chi connectivity index (χ2v) is 5.29. The number of nitrogens with zero attached hydrogens (tertiary/aromatic N) is 3. The number of halogens is 3. The second-order valence-electron chi connectivity index (χ2n) is 5.29. The Bertz CT molecular complexity index is 669. The first-order valence-corrected chi connectivity index (χ1v) is 5.63. The Morgan fingerprint density at radius 2 is 1.89 bits per heavy atom. The van der Waals surface area contributed by atoms with E-state index in [2.05, 4.69) is 4.98 Å². The highest BCUT2D eigenvalue weighted by atomic mass is 19.4. The molecule has 0 aliphatic heterocycles. The lowest BCUT2D eigenvalue weighted by Gasteiger charge is -2.21. The first-order chi connectivity index (χ1) is 8.64. The Kier molecular flexibility index (Phi) is 2.81. The topological polar surface area (TPSA) is 41.6 Å². The van der Waals surface area contributed by atoms with Crippen molar-refractivity contribution >= 4 is 11.0 Å². The molecule has 3 nitrogen and oxygen atoms in total. The lowest BCUT2D eigenvalue weighted by molar-refractivity contribution is -0.137. The van der Waals surface area contributed by atoms with E-state index in [4.69, 9.17) is 5.26 Å². The SMILES string of the molecule is CC(C)(C)n1cc(C#N)c2cc(C(F)(F)F)cnc21. The standard InChI is InChI=1S/C13H12F3N3/c1-12(2,3)19-7-8(5-17)10-4-9(13(14,15)16)6-18-11(10)19/h4,6-7H,1-3H3. The van der Waals surface area contributed by atoms with Crippen LogP contribution in [0.4, 0.5) is 13.2 Å². The fourth-order valence-corrected chi connectivity index (χ4v) is 1.86. The lowest BCUT2D eigenvalue weighted by Crippen LogP contribution is -2.21. The van der Waals surface area contributed by atoms with Crippen LogP contribution >= 0.6 is 0 Å². The van der Waals surface area contributed by atoms with Crippen LogP contribution in [0.1, 0.15) is 31.9 Å². The Labute approximate surface area is 108 Å². The highest BCUT2D eigenvalue weighted by Gasteiger charge is 2.32. The molecule has 0 aromatic carbocycles. The number of rotatable bonds is 0. The maximum Gasteiger partial charge on any atom is 0.417 e. The summed E-state index contributed by atoms with van der Waals surface area (Å²) in [6.45, 7) is 5.69. The number of nitriles is 1. The lowest BCUT2D eigenvalue weighted by atomic mass is 10.1. The third kappa shape index (κ3) is 2.28. The first kappa shape index (κ1) is 13.4. The van der Waals surface area contributed by atoms with E-state index >= 15 is 0 Å². The fourth-order valence-electron chi connectivity index (χ4n) is 1.86. The molecule has 0 spiro atoms. The van der Waals surface area contributed by atoms with Gasteiger partial charge in [-0.05, 0) is 26.8 Å². The first-order valence-electron chi connectivity index (χ1n) is 5.63. The van der Waals surface area contributed by atoms with Gasteiger partial charge in [-0.15, -0.1) is 0 Å². The fraction of sp³-hybridized carbons (Fsp3) is 0.385. The minimum atomic E-state index is -4.46. The van der Waals surface area contributed by atoms with Crippen molar-refractivity contribution in [3.63, 3.8) is 0 Å². The third-order valence-electron chi connectivity index (χ3n) is 2.81. The second kappa shape index (κ2) is 3.98. The van der Waals surface area contributed by atoms with Crippen LogP contribution in [-0.4, -0.2) is 9.55 Å². The van der Waals surface area contributed by atoms with Gasteiger partial charge >= 0.3 is 6.18 Å². The Hall–Kier alpha value is -2.03. The zero-order chi connectivity index (χ0) is 14.4. The quantitative estimate of drug-likeness (QED) is 0.730. The van der Waals surface area contributed by atoms with Crippen molar-refractivity contribution in [1.29, 1.82) is 5.26 Å². The molecule has 0 N–H and O–H groups in total. The molecule has 0 atom stereocenters. The number of fused-ring (bicyclic) bond motifs is 1. The molecule has 0 aliphatic carbocycles. The Balaban J connectivity index is 2.78. The summed E-state index contributed by atoms with van der Waals surface area (Å²) in [4.78, 5) is 3.87. The molecule has 0 amide bonds. The van der Waals surface area contributed by atoms with Gasteiger partial charge in [0.15, 0.2) is 0 Å². The van der Waals surface area contributed by atoms with Gasteiger partial charge in [-0.25, -0.2) is 4.98 Å². The van der Waals surface area contributed by atoms with Crippen molar-refractivity contribution in [1.82, 2.24) is 9.55 Å². The van der Waals surface area contributed by atoms with Crippen molar-refractivity contribution in [2.24, 2.45) is 0 Å². The van der Waals surface area contributed by atoms with E-state index in [1.807, 2.05) is 26.8 Å². The molecule has 0 saturated heterocycles. The molecule has 2 rings (SSSR count). The maximum atomic E-state index is 12.7. The maximum absolute atomic E-state index is 12.7. The van der Waals surface area contributed by atoms with Gasteiger partial charge in [0.05, 0.1) is 11.1 Å². The summed E-state index contributed by atoms with van der Waals surface area (Å²) in [6, 6.07) is 2.89. The predicted octanol–water partition coefficient (Wildman–Crippen LogP) is 3.68.